The van der Waals surface area contributed by atoms with E-state index < -0.39 is 23.4 Å². The van der Waals surface area contributed by atoms with Crippen LogP contribution in [0.3, 0.4) is 0 Å². The van der Waals surface area contributed by atoms with Gasteiger partial charge in [-0.25, -0.2) is 0 Å². The number of nitrogens with zero attached hydrogens (tertiary/aromatic N) is 1. The second-order valence-corrected chi connectivity index (χ2v) is 8.70. The third kappa shape index (κ3) is 2.30. The molecule has 3 heterocycles. The van der Waals surface area contributed by atoms with Gasteiger partial charge in [-0.2, -0.15) is 0 Å². The van der Waals surface area contributed by atoms with E-state index in [1.165, 1.54) is 0 Å². The minimum absolute atomic E-state index is 0.0808. The van der Waals surface area contributed by atoms with Crippen molar-refractivity contribution in [1.29, 1.82) is 0 Å². The lowest BCUT2D eigenvalue weighted by atomic mass is 9.70. The van der Waals surface area contributed by atoms with Crippen molar-refractivity contribution in [3.63, 3.8) is 0 Å². The maximum Gasteiger partial charge on any atom is 0.317 e. The second-order valence-electron chi connectivity index (χ2n) is 8.30. The van der Waals surface area contributed by atoms with E-state index in [2.05, 4.69) is 5.32 Å². The molecule has 0 aromatic heterocycles. The number of ether oxygens (including phenoxy) is 1. The van der Waals surface area contributed by atoms with Crippen LogP contribution in [-0.4, -0.2) is 18.9 Å². The van der Waals surface area contributed by atoms with Gasteiger partial charge in [-0.05, 0) is 23.8 Å². The van der Waals surface area contributed by atoms with Crippen molar-refractivity contribution >= 4 is 29.2 Å². The van der Waals surface area contributed by atoms with Crippen LogP contribution in [-0.2, 0) is 15.1 Å². The van der Waals surface area contributed by atoms with Gasteiger partial charge in [-0.3, -0.25) is 14.9 Å². The quantitative estimate of drug-likeness (QED) is 0.465. The normalized spacial score (nSPS) is 28.3. The molecule has 5 nitrogen and oxygen atoms in total. The van der Waals surface area contributed by atoms with Crippen LogP contribution in [0.5, 0.6) is 5.75 Å². The van der Waals surface area contributed by atoms with Crippen LogP contribution in [0, 0.1) is 5.92 Å². The predicted molar refractivity (Wildman–Crippen MR) is 117 cm³/mol. The first-order valence-corrected chi connectivity index (χ1v) is 10.6. The summed E-state index contributed by atoms with van der Waals surface area (Å²) in [6.45, 7) is 0. The minimum atomic E-state index is -1.09. The molecule has 31 heavy (non-hydrogen) atoms. The van der Waals surface area contributed by atoms with Gasteiger partial charge in [0.05, 0.1) is 5.92 Å². The largest absolute Gasteiger partial charge is 0.426 e. The summed E-state index contributed by atoms with van der Waals surface area (Å²) in [5.74, 6) is -0.946. The number of nitrogens with one attached hydrogen (secondary N) is 1. The summed E-state index contributed by atoms with van der Waals surface area (Å²) in [6, 6.07) is 22.2. The molecule has 4 atom stereocenters. The zero-order chi connectivity index (χ0) is 21.3. The molecule has 3 aromatic carbocycles. The lowest BCUT2D eigenvalue weighted by Crippen LogP contribution is -2.50. The van der Waals surface area contributed by atoms with Crippen LogP contribution < -0.4 is 15.0 Å². The van der Waals surface area contributed by atoms with E-state index in [4.69, 9.17) is 16.3 Å². The number of carbonyl (C=O) groups excluding carboxylic acids is 2. The van der Waals surface area contributed by atoms with E-state index in [0.29, 0.717) is 10.8 Å². The van der Waals surface area contributed by atoms with Crippen LogP contribution in [0.4, 0.5) is 5.69 Å². The lowest BCUT2D eigenvalue weighted by Gasteiger charge is -2.35. The van der Waals surface area contributed by atoms with E-state index in [1.807, 2.05) is 60.7 Å². The summed E-state index contributed by atoms with van der Waals surface area (Å²) in [6.07, 6.45) is 0. The van der Waals surface area contributed by atoms with E-state index >= 15 is 0 Å². The summed E-state index contributed by atoms with van der Waals surface area (Å²) in [5, 5.41) is 4.15. The van der Waals surface area contributed by atoms with E-state index in [9.17, 15) is 9.59 Å². The van der Waals surface area contributed by atoms with Gasteiger partial charge in [0, 0.05) is 40.8 Å². The Bertz CT molecular complexity index is 1260. The molecule has 6 rings (SSSR count). The van der Waals surface area contributed by atoms with E-state index in [1.54, 1.807) is 24.1 Å². The molecular weight excluding hydrogens is 412 g/mol. The maximum absolute atomic E-state index is 13.9. The van der Waals surface area contributed by atoms with Gasteiger partial charge in [-0.15, -0.1) is 0 Å². The zero-order valence-corrected chi connectivity index (χ0v) is 17.5. The van der Waals surface area contributed by atoms with Crippen molar-refractivity contribution in [3.8, 4) is 5.75 Å². The van der Waals surface area contributed by atoms with Gasteiger partial charge >= 0.3 is 5.97 Å². The SMILES string of the molecule is CN1C(=O)[C@]2(N[C@H](c3ccccc3Cl)[C@H]3C(=O)Oc4ccccc4[C@H]32)c2ccccc21. The number of anilines is 1. The number of para-hydroxylation sites is 2. The van der Waals surface area contributed by atoms with Crippen molar-refractivity contribution in [2.75, 3.05) is 11.9 Å². The van der Waals surface area contributed by atoms with E-state index in [-0.39, 0.29) is 11.9 Å². The number of carbonyl (C=O) groups is 2. The summed E-state index contributed by atoms with van der Waals surface area (Å²) in [4.78, 5) is 28.9. The third-order valence-corrected chi connectivity index (χ3v) is 7.22. The number of fused-ring (bicyclic) bond motifs is 6. The molecule has 1 fully saturated rings. The molecule has 0 aliphatic carbocycles. The van der Waals surface area contributed by atoms with Crippen molar-refractivity contribution in [2.24, 2.45) is 5.92 Å². The Morgan fingerprint density at radius 3 is 2.42 bits per heavy atom. The Morgan fingerprint density at radius 1 is 0.935 bits per heavy atom. The number of hydrogen-bond donors (Lipinski definition) is 1. The maximum atomic E-state index is 13.9. The number of esters is 1. The first kappa shape index (κ1) is 18.6. The summed E-state index contributed by atoms with van der Waals surface area (Å²) >= 11 is 6.56. The molecule has 3 aromatic rings. The molecule has 3 aliphatic rings. The molecule has 0 unspecified atom stereocenters. The molecule has 1 saturated heterocycles. The summed E-state index contributed by atoms with van der Waals surface area (Å²) in [7, 11) is 1.78. The minimum Gasteiger partial charge on any atom is -0.426 e. The average molecular weight is 431 g/mol. The number of amides is 1. The number of halogens is 1. The first-order chi connectivity index (χ1) is 15.0. The standard InChI is InChI=1S/C25H19ClN2O3/c1-28-18-12-6-4-10-16(18)25(24(28)30)21-15-9-3-7-13-19(15)31-23(29)20(21)22(27-25)14-8-2-5-11-17(14)26/h2-13,20-22,27H,1H3/t20-,21+,22+,25-/m0/s1. The zero-order valence-electron chi connectivity index (χ0n) is 16.7. The average Bonchev–Trinajstić information content (AvgIpc) is 3.25. The van der Waals surface area contributed by atoms with Crippen molar-refractivity contribution in [3.05, 3.63) is 94.5 Å². The Kier molecular flexibility index (Phi) is 3.86. The summed E-state index contributed by atoms with van der Waals surface area (Å²) < 4.78 is 5.74. The Morgan fingerprint density at radius 2 is 1.61 bits per heavy atom. The molecule has 0 saturated carbocycles. The summed E-state index contributed by atoms with van der Waals surface area (Å²) in [5.41, 5.74) is 2.27. The molecule has 1 N–H and O–H groups in total. The number of benzene rings is 3. The Balaban J connectivity index is 1.66. The highest BCUT2D eigenvalue weighted by Crippen LogP contribution is 2.61. The molecule has 6 heteroatoms. The molecular formula is C25H19ClN2O3. The van der Waals surface area contributed by atoms with Crippen LogP contribution in [0.1, 0.15) is 28.7 Å². The van der Waals surface area contributed by atoms with Gasteiger partial charge in [0.1, 0.15) is 11.3 Å². The topological polar surface area (TPSA) is 58.6 Å². The number of likely N-dealkylation sites (N-methyl/N-ethyl adjacent to an activating group) is 1. The van der Waals surface area contributed by atoms with Crippen molar-refractivity contribution < 1.29 is 14.3 Å². The lowest BCUT2D eigenvalue weighted by molar-refractivity contribution is -0.141. The Hall–Kier alpha value is -3.15. The molecule has 1 spiro atoms. The predicted octanol–water partition coefficient (Wildman–Crippen LogP) is 4.18. The first-order valence-electron chi connectivity index (χ1n) is 10.2. The fourth-order valence-electron chi connectivity index (χ4n) is 5.62. The smallest absolute Gasteiger partial charge is 0.317 e. The molecule has 0 radical (unpaired) electrons. The van der Waals surface area contributed by atoms with Crippen LogP contribution in [0.2, 0.25) is 5.02 Å². The van der Waals surface area contributed by atoms with Crippen LogP contribution in [0.25, 0.3) is 0 Å². The van der Waals surface area contributed by atoms with Gasteiger partial charge in [0.25, 0.3) is 5.91 Å². The highest BCUT2D eigenvalue weighted by Gasteiger charge is 2.67. The van der Waals surface area contributed by atoms with Gasteiger partial charge in [0.2, 0.25) is 0 Å². The highest BCUT2D eigenvalue weighted by atomic mass is 35.5. The third-order valence-electron chi connectivity index (χ3n) is 6.88. The van der Waals surface area contributed by atoms with E-state index in [0.717, 1.165) is 22.4 Å². The Labute approximate surface area is 184 Å². The molecule has 0 bridgehead atoms. The van der Waals surface area contributed by atoms with Gasteiger partial charge in [0.15, 0.2) is 0 Å². The fraction of sp³-hybridized carbons (Fsp3) is 0.200. The monoisotopic (exact) mass is 430 g/mol. The highest BCUT2D eigenvalue weighted by molar-refractivity contribution is 6.31. The second kappa shape index (κ2) is 6.42. The van der Waals surface area contributed by atoms with Crippen LogP contribution >= 0.6 is 11.6 Å². The molecule has 1 amide bonds. The van der Waals surface area contributed by atoms with Gasteiger partial charge in [-0.1, -0.05) is 66.2 Å². The number of hydrogen-bond acceptors (Lipinski definition) is 4. The number of rotatable bonds is 1. The fourth-order valence-corrected chi connectivity index (χ4v) is 5.87. The van der Waals surface area contributed by atoms with Crippen LogP contribution in [0.15, 0.2) is 72.8 Å². The van der Waals surface area contributed by atoms with Crippen molar-refractivity contribution in [1.82, 2.24) is 5.32 Å². The van der Waals surface area contributed by atoms with Crippen molar-refractivity contribution in [2.45, 2.75) is 17.5 Å². The molecule has 3 aliphatic heterocycles. The van der Waals surface area contributed by atoms with Gasteiger partial charge < -0.3 is 9.64 Å². The molecule has 154 valence electrons.